The molecule has 1 amide bonds. The Kier molecular flexibility index (Phi) is 5.14. The maximum atomic E-state index is 13.5. The zero-order valence-electron chi connectivity index (χ0n) is 10.2. The van der Waals surface area contributed by atoms with Gasteiger partial charge in [0.15, 0.2) is 6.61 Å². The minimum absolute atomic E-state index is 0.123. The SMILES string of the molecule is O=C(COc1ccc(Br)cc1)Nc1ccc(Br)cc1F. The van der Waals surface area contributed by atoms with Crippen molar-refractivity contribution < 1.29 is 13.9 Å². The Labute approximate surface area is 132 Å². The van der Waals surface area contributed by atoms with E-state index in [-0.39, 0.29) is 12.3 Å². The van der Waals surface area contributed by atoms with Gasteiger partial charge in [0, 0.05) is 8.95 Å². The van der Waals surface area contributed by atoms with Gasteiger partial charge in [0.1, 0.15) is 11.6 Å². The van der Waals surface area contributed by atoms with E-state index >= 15 is 0 Å². The van der Waals surface area contributed by atoms with Crippen LogP contribution in [0.15, 0.2) is 51.4 Å². The first-order valence-corrected chi connectivity index (χ1v) is 7.26. The quantitative estimate of drug-likeness (QED) is 0.824. The number of rotatable bonds is 4. The molecular weight excluding hydrogens is 393 g/mol. The second kappa shape index (κ2) is 6.85. The van der Waals surface area contributed by atoms with E-state index in [1.165, 1.54) is 12.1 Å². The number of amides is 1. The Balaban J connectivity index is 1.90. The second-order valence-corrected chi connectivity index (χ2v) is 5.75. The van der Waals surface area contributed by atoms with Crippen molar-refractivity contribution in [1.29, 1.82) is 0 Å². The van der Waals surface area contributed by atoms with Gasteiger partial charge >= 0.3 is 0 Å². The molecule has 0 unspecified atom stereocenters. The Hall–Kier alpha value is -1.40. The number of hydrogen-bond donors (Lipinski definition) is 1. The third kappa shape index (κ3) is 4.31. The molecule has 0 saturated carbocycles. The van der Waals surface area contributed by atoms with Crippen molar-refractivity contribution in [2.24, 2.45) is 0 Å². The largest absolute Gasteiger partial charge is 0.484 e. The van der Waals surface area contributed by atoms with Crippen molar-refractivity contribution in [3.63, 3.8) is 0 Å². The molecule has 0 atom stereocenters. The minimum Gasteiger partial charge on any atom is -0.484 e. The van der Waals surface area contributed by atoms with Gasteiger partial charge in [-0.1, -0.05) is 31.9 Å². The summed E-state index contributed by atoms with van der Waals surface area (Å²) in [6, 6.07) is 11.5. The predicted molar refractivity (Wildman–Crippen MR) is 82.4 cm³/mol. The van der Waals surface area contributed by atoms with Crippen molar-refractivity contribution >= 4 is 43.5 Å². The summed E-state index contributed by atoms with van der Waals surface area (Å²) in [4.78, 5) is 11.7. The van der Waals surface area contributed by atoms with Gasteiger partial charge in [-0.25, -0.2) is 4.39 Å². The van der Waals surface area contributed by atoms with E-state index in [0.717, 1.165) is 4.47 Å². The van der Waals surface area contributed by atoms with E-state index in [4.69, 9.17) is 4.74 Å². The van der Waals surface area contributed by atoms with Gasteiger partial charge in [-0.15, -0.1) is 0 Å². The van der Waals surface area contributed by atoms with Crippen molar-refractivity contribution in [2.45, 2.75) is 0 Å². The second-order valence-electron chi connectivity index (χ2n) is 3.91. The molecule has 0 saturated heterocycles. The Morgan fingerprint density at radius 3 is 2.40 bits per heavy atom. The summed E-state index contributed by atoms with van der Waals surface area (Å²) in [5.41, 5.74) is 0.123. The van der Waals surface area contributed by atoms with Gasteiger partial charge in [-0.2, -0.15) is 0 Å². The van der Waals surface area contributed by atoms with Crippen LogP contribution in [0.25, 0.3) is 0 Å². The first-order chi connectivity index (χ1) is 9.54. The molecule has 0 aliphatic carbocycles. The van der Waals surface area contributed by atoms with Gasteiger partial charge in [-0.05, 0) is 42.5 Å². The van der Waals surface area contributed by atoms with E-state index in [2.05, 4.69) is 37.2 Å². The summed E-state index contributed by atoms with van der Waals surface area (Å²) in [5, 5.41) is 2.45. The Morgan fingerprint density at radius 1 is 1.10 bits per heavy atom. The molecule has 6 heteroatoms. The average molecular weight is 403 g/mol. The molecule has 104 valence electrons. The fraction of sp³-hybridized carbons (Fsp3) is 0.0714. The molecule has 0 spiro atoms. The minimum atomic E-state index is -0.503. The first-order valence-electron chi connectivity index (χ1n) is 5.68. The standard InChI is InChI=1S/C14H10Br2FNO2/c15-9-1-4-11(5-2-9)20-8-14(19)18-13-6-3-10(16)7-12(13)17/h1-7H,8H2,(H,18,19). The zero-order chi connectivity index (χ0) is 14.5. The van der Waals surface area contributed by atoms with Crippen LogP contribution in [0.3, 0.4) is 0 Å². The molecule has 0 bridgehead atoms. The molecule has 0 aliphatic heterocycles. The Bertz CT molecular complexity index is 617. The zero-order valence-corrected chi connectivity index (χ0v) is 13.4. The molecule has 2 aromatic carbocycles. The summed E-state index contributed by atoms with van der Waals surface area (Å²) in [6.45, 7) is -0.183. The fourth-order valence-electron chi connectivity index (χ4n) is 1.46. The molecule has 2 rings (SSSR count). The summed E-state index contributed by atoms with van der Waals surface area (Å²) >= 11 is 6.45. The fourth-order valence-corrected chi connectivity index (χ4v) is 2.05. The van der Waals surface area contributed by atoms with Crippen molar-refractivity contribution in [1.82, 2.24) is 0 Å². The Morgan fingerprint density at radius 2 is 1.75 bits per heavy atom. The number of ether oxygens (including phenoxy) is 1. The van der Waals surface area contributed by atoms with E-state index in [1.807, 2.05) is 12.1 Å². The predicted octanol–water partition coefficient (Wildman–Crippen LogP) is 4.37. The molecule has 0 aromatic heterocycles. The number of anilines is 1. The number of nitrogens with one attached hydrogen (secondary N) is 1. The summed E-state index contributed by atoms with van der Waals surface area (Å²) in [7, 11) is 0. The number of benzene rings is 2. The summed E-state index contributed by atoms with van der Waals surface area (Å²) in [6.07, 6.45) is 0. The van der Waals surface area contributed by atoms with Gasteiger partial charge < -0.3 is 10.1 Å². The van der Waals surface area contributed by atoms with E-state index < -0.39 is 11.7 Å². The van der Waals surface area contributed by atoms with Gasteiger partial charge in [0.05, 0.1) is 5.69 Å². The molecule has 20 heavy (non-hydrogen) atoms. The number of halogens is 3. The molecule has 0 radical (unpaired) electrons. The number of carbonyl (C=O) groups excluding carboxylic acids is 1. The van der Waals surface area contributed by atoms with Crippen LogP contribution >= 0.6 is 31.9 Å². The molecule has 0 aliphatic rings. The highest BCUT2D eigenvalue weighted by molar-refractivity contribution is 9.10. The lowest BCUT2D eigenvalue weighted by Crippen LogP contribution is -2.20. The van der Waals surface area contributed by atoms with Crippen LogP contribution in [-0.4, -0.2) is 12.5 Å². The molecule has 3 nitrogen and oxygen atoms in total. The van der Waals surface area contributed by atoms with E-state index in [0.29, 0.717) is 10.2 Å². The highest BCUT2D eigenvalue weighted by Crippen LogP contribution is 2.19. The van der Waals surface area contributed by atoms with Crippen molar-refractivity contribution in [3.05, 3.63) is 57.2 Å². The van der Waals surface area contributed by atoms with Gasteiger partial charge in [0.25, 0.3) is 5.91 Å². The van der Waals surface area contributed by atoms with Gasteiger partial charge in [0.2, 0.25) is 0 Å². The lowest BCUT2D eigenvalue weighted by molar-refractivity contribution is -0.118. The van der Waals surface area contributed by atoms with E-state index in [9.17, 15) is 9.18 Å². The summed E-state index contributed by atoms with van der Waals surface area (Å²) < 4.78 is 20.4. The monoisotopic (exact) mass is 401 g/mol. The third-order valence-corrected chi connectivity index (χ3v) is 3.41. The maximum Gasteiger partial charge on any atom is 0.262 e. The molecule has 0 heterocycles. The molecular formula is C14H10Br2FNO2. The lowest BCUT2D eigenvalue weighted by atomic mass is 10.3. The average Bonchev–Trinajstić information content (AvgIpc) is 2.41. The topological polar surface area (TPSA) is 38.3 Å². The smallest absolute Gasteiger partial charge is 0.262 e. The van der Waals surface area contributed by atoms with Crippen LogP contribution in [-0.2, 0) is 4.79 Å². The lowest BCUT2D eigenvalue weighted by Gasteiger charge is -2.08. The molecule has 2 aromatic rings. The first kappa shape index (κ1) is 15.0. The maximum absolute atomic E-state index is 13.5. The molecule has 0 fully saturated rings. The van der Waals surface area contributed by atoms with E-state index in [1.54, 1.807) is 18.2 Å². The van der Waals surface area contributed by atoms with Gasteiger partial charge in [-0.3, -0.25) is 4.79 Å². The normalized spacial score (nSPS) is 10.2. The van der Waals surface area contributed by atoms with Crippen LogP contribution in [0, 0.1) is 5.82 Å². The van der Waals surface area contributed by atoms with Crippen molar-refractivity contribution in [2.75, 3.05) is 11.9 Å². The van der Waals surface area contributed by atoms with Crippen LogP contribution in [0.1, 0.15) is 0 Å². The van der Waals surface area contributed by atoms with Crippen LogP contribution in [0.5, 0.6) is 5.75 Å². The highest BCUT2D eigenvalue weighted by atomic mass is 79.9. The number of hydrogen-bond acceptors (Lipinski definition) is 2. The summed E-state index contributed by atoms with van der Waals surface area (Å²) in [5.74, 6) is -0.356. The van der Waals surface area contributed by atoms with Crippen LogP contribution < -0.4 is 10.1 Å². The molecule has 1 N–H and O–H groups in total. The number of carbonyl (C=O) groups is 1. The van der Waals surface area contributed by atoms with Crippen LogP contribution in [0.2, 0.25) is 0 Å². The highest BCUT2D eigenvalue weighted by Gasteiger charge is 2.08. The third-order valence-electron chi connectivity index (χ3n) is 2.39. The van der Waals surface area contributed by atoms with Crippen molar-refractivity contribution in [3.8, 4) is 5.75 Å². The van der Waals surface area contributed by atoms with Crippen LogP contribution in [0.4, 0.5) is 10.1 Å².